The van der Waals surface area contributed by atoms with Crippen molar-refractivity contribution >= 4 is 16.7 Å². The standard InChI is InChI=1S/C31H29FN6O/c1-4-21-7-5-6-8-25(21)29(22-9-11-23(32)12-10-22)38-16-15-37(19-20(38)2)30-26(18-34)31(39)36(3)27-14-13-24(17-33)35-28(27)30/h5-14,20,29H,4,15-16,19H2,1-3H3/t20-,29?/m1/s1. The molecule has 0 bridgehead atoms. The highest BCUT2D eigenvalue weighted by molar-refractivity contribution is 5.92. The molecule has 1 unspecified atom stereocenters. The molecule has 0 aliphatic carbocycles. The first kappa shape index (κ1) is 26.1. The lowest BCUT2D eigenvalue weighted by Crippen LogP contribution is -2.53. The lowest BCUT2D eigenvalue weighted by Gasteiger charge is -2.45. The highest BCUT2D eigenvalue weighted by atomic mass is 19.1. The predicted octanol–water partition coefficient (Wildman–Crippen LogP) is 4.68. The molecule has 2 aromatic carbocycles. The number of hydrogen-bond acceptors (Lipinski definition) is 6. The molecule has 8 heteroatoms. The number of fused-ring (bicyclic) bond motifs is 1. The van der Waals surface area contributed by atoms with Crippen molar-refractivity contribution in [3.8, 4) is 12.1 Å². The molecule has 2 aromatic heterocycles. The van der Waals surface area contributed by atoms with Crippen molar-refractivity contribution < 1.29 is 4.39 Å². The van der Waals surface area contributed by atoms with Crippen molar-refractivity contribution in [2.75, 3.05) is 24.5 Å². The second-order valence-corrected chi connectivity index (χ2v) is 9.91. The summed E-state index contributed by atoms with van der Waals surface area (Å²) in [7, 11) is 1.61. The van der Waals surface area contributed by atoms with Crippen LogP contribution in [0, 0.1) is 28.5 Å². The van der Waals surface area contributed by atoms with Gasteiger partial charge in [-0.25, -0.2) is 9.37 Å². The van der Waals surface area contributed by atoms with Gasteiger partial charge in [0.25, 0.3) is 5.56 Å². The van der Waals surface area contributed by atoms with Crippen molar-refractivity contribution in [2.24, 2.45) is 7.05 Å². The molecule has 1 aliphatic rings. The van der Waals surface area contributed by atoms with E-state index in [2.05, 4.69) is 48.0 Å². The summed E-state index contributed by atoms with van der Waals surface area (Å²) in [6.07, 6.45) is 0.875. The molecule has 39 heavy (non-hydrogen) atoms. The highest BCUT2D eigenvalue weighted by Gasteiger charge is 2.34. The van der Waals surface area contributed by atoms with E-state index in [1.54, 1.807) is 19.2 Å². The fourth-order valence-electron chi connectivity index (χ4n) is 5.74. The smallest absolute Gasteiger partial charge is 0.270 e. The van der Waals surface area contributed by atoms with Gasteiger partial charge >= 0.3 is 0 Å². The third-order valence-electron chi connectivity index (χ3n) is 7.68. The molecule has 4 aromatic rings. The van der Waals surface area contributed by atoms with E-state index in [1.165, 1.54) is 27.8 Å². The second kappa shape index (κ2) is 10.7. The fraction of sp³-hybridized carbons (Fsp3) is 0.290. The Morgan fingerprint density at radius 1 is 1.05 bits per heavy atom. The SMILES string of the molecule is CCc1ccccc1C(c1ccc(F)cc1)N1CCN(c2c(C#N)c(=O)n(C)c3ccc(C#N)nc23)C[C@H]1C. The summed E-state index contributed by atoms with van der Waals surface area (Å²) in [5.41, 5.74) is 4.82. The van der Waals surface area contributed by atoms with Crippen molar-refractivity contribution in [1.82, 2.24) is 14.5 Å². The normalized spacial score (nSPS) is 16.6. The van der Waals surface area contributed by atoms with E-state index in [0.29, 0.717) is 36.4 Å². The zero-order chi connectivity index (χ0) is 27.7. The third kappa shape index (κ3) is 4.65. The molecule has 2 atom stereocenters. The molecule has 0 saturated carbocycles. The number of hydrogen-bond donors (Lipinski definition) is 0. The minimum Gasteiger partial charge on any atom is -0.366 e. The summed E-state index contributed by atoms with van der Waals surface area (Å²) < 4.78 is 15.3. The molecular formula is C31H29FN6O. The number of nitriles is 2. The number of piperazine rings is 1. The molecule has 7 nitrogen and oxygen atoms in total. The number of anilines is 1. The molecule has 3 heterocycles. The molecule has 1 aliphatic heterocycles. The molecule has 5 rings (SSSR count). The molecular weight excluding hydrogens is 491 g/mol. The van der Waals surface area contributed by atoms with E-state index >= 15 is 0 Å². The maximum Gasteiger partial charge on any atom is 0.270 e. The van der Waals surface area contributed by atoms with Gasteiger partial charge in [0.15, 0.2) is 0 Å². The van der Waals surface area contributed by atoms with Gasteiger partial charge in [0.2, 0.25) is 0 Å². The van der Waals surface area contributed by atoms with Crippen molar-refractivity contribution in [1.29, 1.82) is 10.5 Å². The van der Waals surface area contributed by atoms with Crippen LogP contribution in [0.3, 0.4) is 0 Å². The van der Waals surface area contributed by atoms with Crippen LogP contribution in [0.15, 0.2) is 65.5 Å². The number of halogens is 1. The van der Waals surface area contributed by atoms with Crippen LogP contribution in [0.5, 0.6) is 0 Å². The molecule has 0 radical (unpaired) electrons. The maximum atomic E-state index is 13.9. The van der Waals surface area contributed by atoms with Gasteiger partial charge in [-0.3, -0.25) is 9.69 Å². The van der Waals surface area contributed by atoms with Gasteiger partial charge in [0.1, 0.15) is 34.7 Å². The molecule has 1 saturated heterocycles. The van der Waals surface area contributed by atoms with Crippen LogP contribution in [-0.4, -0.2) is 40.1 Å². The molecule has 0 N–H and O–H groups in total. The maximum absolute atomic E-state index is 13.9. The fourth-order valence-corrected chi connectivity index (χ4v) is 5.74. The van der Waals surface area contributed by atoms with Crippen LogP contribution < -0.4 is 10.5 Å². The van der Waals surface area contributed by atoms with Gasteiger partial charge in [-0.15, -0.1) is 0 Å². The van der Waals surface area contributed by atoms with E-state index in [0.717, 1.165) is 12.0 Å². The average molecular weight is 521 g/mol. The largest absolute Gasteiger partial charge is 0.366 e. The van der Waals surface area contributed by atoms with Crippen LogP contribution >= 0.6 is 0 Å². The number of aromatic nitrogens is 2. The Morgan fingerprint density at radius 2 is 1.79 bits per heavy atom. The zero-order valence-corrected chi connectivity index (χ0v) is 22.2. The number of benzene rings is 2. The number of nitrogens with zero attached hydrogens (tertiary/aromatic N) is 6. The van der Waals surface area contributed by atoms with Gasteiger partial charge in [0.05, 0.1) is 17.2 Å². The summed E-state index contributed by atoms with van der Waals surface area (Å²) in [5, 5.41) is 19.5. The molecule has 0 spiro atoms. The van der Waals surface area contributed by atoms with Gasteiger partial charge in [-0.05, 0) is 54.3 Å². The van der Waals surface area contributed by atoms with Gasteiger partial charge in [-0.2, -0.15) is 10.5 Å². The summed E-state index contributed by atoms with van der Waals surface area (Å²) >= 11 is 0. The van der Waals surface area contributed by atoms with Gasteiger partial charge in [-0.1, -0.05) is 43.3 Å². The predicted molar refractivity (Wildman–Crippen MR) is 149 cm³/mol. The molecule has 0 amide bonds. The van der Waals surface area contributed by atoms with Gasteiger partial charge in [0, 0.05) is 32.7 Å². The summed E-state index contributed by atoms with van der Waals surface area (Å²) in [6, 6.07) is 22.4. The van der Waals surface area contributed by atoms with Crippen LogP contribution in [0.1, 0.15) is 47.8 Å². The van der Waals surface area contributed by atoms with E-state index < -0.39 is 0 Å². The minimum atomic E-state index is -0.386. The number of pyridine rings is 2. The van der Waals surface area contributed by atoms with E-state index in [4.69, 9.17) is 0 Å². The van der Waals surface area contributed by atoms with Crippen LogP contribution in [0.25, 0.3) is 11.0 Å². The van der Waals surface area contributed by atoms with Gasteiger partial charge < -0.3 is 9.47 Å². The summed E-state index contributed by atoms with van der Waals surface area (Å²) in [4.78, 5) is 22.1. The van der Waals surface area contributed by atoms with Crippen molar-refractivity contribution in [3.05, 3.63) is 105 Å². The quantitative estimate of drug-likeness (QED) is 0.380. The Balaban J connectivity index is 1.58. The van der Waals surface area contributed by atoms with Crippen molar-refractivity contribution in [3.63, 3.8) is 0 Å². The Kier molecular flexibility index (Phi) is 7.15. The first-order valence-corrected chi connectivity index (χ1v) is 13.1. The van der Waals surface area contributed by atoms with Crippen LogP contribution in [0.2, 0.25) is 0 Å². The number of aryl methyl sites for hydroxylation is 2. The molecule has 196 valence electrons. The lowest BCUT2D eigenvalue weighted by molar-refractivity contribution is 0.149. The average Bonchev–Trinajstić information content (AvgIpc) is 2.96. The Morgan fingerprint density at radius 3 is 2.46 bits per heavy atom. The second-order valence-electron chi connectivity index (χ2n) is 9.91. The first-order chi connectivity index (χ1) is 18.9. The van der Waals surface area contributed by atoms with E-state index in [9.17, 15) is 19.7 Å². The Bertz CT molecular complexity index is 1680. The Labute approximate surface area is 227 Å². The Hall–Kier alpha value is -4.53. The monoisotopic (exact) mass is 520 g/mol. The topological polar surface area (TPSA) is 89.0 Å². The zero-order valence-electron chi connectivity index (χ0n) is 22.2. The highest BCUT2D eigenvalue weighted by Crippen LogP contribution is 2.36. The third-order valence-corrected chi connectivity index (χ3v) is 7.68. The van der Waals surface area contributed by atoms with E-state index in [1.807, 2.05) is 29.2 Å². The minimum absolute atomic E-state index is 0.0171. The number of rotatable bonds is 5. The van der Waals surface area contributed by atoms with E-state index in [-0.39, 0.29) is 34.7 Å². The lowest BCUT2D eigenvalue weighted by atomic mass is 9.90. The summed E-state index contributed by atoms with van der Waals surface area (Å²) in [6.45, 7) is 5.99. The van der Waals surface area contributed by atoms with Crippen molar-refractivity contribution in [2.45, 2.75) is 32.4 Å². The van der Waals surface area contributed by atoms with Crippen LogP contribution in [0.4, 0.5) is 10.1 Å². The molecule has 1 fully saturated rings. The van der Waals surface area contributed by atoms with Crippen LogP contribution in [-0.2, 0) is 13.5 Å². The first-order valence-electron chi connectivity index (χ1n) is 13.1. The summed E-state index contributed by atoms with van der Waals surface area (Å²) in [5.74, 6) is -0.273.